The molecule has 4 rings (SSSR count). The van der Waals surface area contributed by atoms with E-state index in [-0.39, 0.29) is 12.6 Å². The van der Waals surface area contributed by atoms with Crippen molar-refractivity contribution in [1.82, 2.24) is 20.7 Å². The van der Waals surface area contributed by atoms with Gasteiger partial charge in [0.1, 0.15) is 17.0 Å². The monoisotopic (exact) mass is 466 g/mol. The van der Waals surface area contributed by atoms with Crippen LogP contribution in [0.2, 0.25) is 0 Å². The molecule has 0 unspecified atom stereocenters. The van der Waals surface area contributed by atoms with Crippen LogP contribution in [0.4, 0.5) is 4.79 Å². The Bertz CT molecular complexity index is 1080. The van der Waals surface area contributed by atoms with Crippen LogP contribution in [0.15, 0.2) is 48.5 Å². The number of urea groups is 1. The summed E-state index contributed by atoms with van der Waals surface area (Å²) in [7, 11) is 3.20. The quantitative estimate of drug-likeness (QED) is 0.581. The van der Waals surface area contributed by atoms with Crippen LogP contribution >= 0.6 is 0 Å². The summed E-state index contributed by atoms with van der Waals surface area (Å²) in [6, 6.07) is 14.1. The van der Waals surface area contributed by atoms with Crippen molar-refractivity contribution in [2.45, 2.75) is 37.8 Å². The predicted octanol–water partition coefficient (Wildman–Crippen LogP) is 2.73. The Labute approximate surface area is 199 Å². The minimum absolute atomic E-state index is 0.0197. The van der Waals surface area contributed by atoms with Gasteiger partial charge in [0.15, 0.2) is 0 Å². The van der Waals surface area contributed by atoms with Crippen molar-refractivity contribution in [2.24, 2.45) is 0 Å². The lowest BCUT2D eigenvalue weighted by Crippen LogP contribution is -2.51. The van der Waals surface area contributed by atoms with Gasteiger partial charge in [0.05, 0.1) is 20.8 Å². The van der Waals surface area contributed by atoms with Gasteiger partial charge < -0.3 is 14.8 Å². The van der Waals surface area contributed by atoms with Crippen LogP contribution in [0.3, 0.4) is 0 Å². The first kappa shape index (κ1) is 23.6. The van der Waals surface area contributed by atoms with Gasteiger partial charge in [-0.1, -0.05) is 43.3 Å². The second kappa shape index (κ2) is 9.72. The van der Waals surface area contributed by atoms with Gasteiger partial charge in [0.25, 0.3) is 11.8 Å². The molecule has 2 aromatic carbocycles. The number of hydrogen-bond donors (Lipinski definition) is 2. The van der Waals surface area contributed by atoms with Crippen molar-refractivity contribution in [1.29, 1.82) is 0 Å². The number of ether oxygens (including phenoxy) is 2. The second-order valence-electron chi connectivity index (χ2n) is 8.47. The van der Waals surface area contributed by atoms with Gasteiger partial charge in [0.2, 0.25) is 0 Å². The number of hydrogen-bond acceptors (Lipinski definition) is 6. The first-order valence-electron chi connectivity index (χ1n) is 11.4. The largest absolute Gasteiger partial charge is 0.497 e. The highest BCUT2D eigenvalue weighted by atomic mass is 16.5. The van der Waals surface area contributed by atoms with Crippen LogP contribution in [-0.4, -0.2) is 55.1 Å². The lowest BCUT2D eigenvalue weighted by molar-refractivity contribution is -0.140. The summed E-state index contributed by atoms with van der Waals surface area (Å²) in [5.41, 5.74) is 2.98. The van der Waals surface area contributed by atoms with Gasteiger partial charge >= 0.3 is 6.03 Å². The maximum Gasteiger partial charge on any atom is 0.344 e. The van der Waals surface area contributed by atoms with Crippen LogP contribution in [-0.2, 0) is 15.1 Å². The fourth-order valence-corrected chi connectivity index (χ4v) is 4.84. The SMILES string of the molecule is CC[C@@]1(c2ccccc2)NC(=O)N(NC(=O)CN2CCC[C@H]2c2ccc(OC)cc2OC)C1=O. The van der Waals surface area contributed by atoms with Crippen LogP contribution < -0.4 is 20.2 Å². The second-order valence-corrected chi connectivity index (χ2v) is 8.47. The third kappa shape index (κ3) is 4.19. The van der Waals surface area contributed by atoms with Crippen molar-refractivity contribution in [3.8, 4) is 11.5 Å². The number of hydrazine groups is 1. The third-order valence-corrected chi connectivity index (χ3v) is 6.64. The number of amides is 4. The number of rotatable bonds is 8. The molecule has 9 heteroatoms. The standard InChI is InChI=1S/C25H30N4O5/c1-4-25(17-9-6-5-7-10-17)23(31)29(24(32)26-25)27-22(30)16-28-14-8-11-20(28)19-13-12-18(33-2)15-21(19)34-3/h5-7,9-10,12-13,15,20H,4,8,11,14,16H2,1-3H3,(H,26,32)(H,27,30)/t20-,25-/m0/s1. The van der Waals surface area contributed by atoms with Gasteiger partial charge in [-0.05, 0) is 37.4 Å². The Morgan fingerprint density at radius 1 is 1.15 bits per heavy atom. The highest BCUT2D eigenvalue weighted by molar-refractivity contribution is 6.08. The molecule has 180 valence electrons. The molecule has 0 bridgehead atoms. The van der Waals surface area contributed by atoms with Gasteiger partial charge in [0, 0.05) is 17.7 Å². The zero-order valence-corrected chi connectivity index (χ0v) is 19.7. The van der Waals surface area contributed by atoms with Crippen molar-refractivity contribution < 1.29 is 23.9 Å². The summed E-state index contributed by atoms with van der Waals surface area (Å²) in [6.45, 7) is 2.59. The van der Waals surface area contributed by atoms with Crippen molar-refractivity contribution in [2.75, 3.05) is 27.3 Å². The fraction of sp³-hybridized carbons (Fsp3) is 0.400. The highest BCUT2D eigenvalue weighted by Gasteiger charge is 2.52. The fourth-order valence-electron chi connectivity index (χ4n) is 4.84. The molecule has 4 amide bonds. The minimum atomic E-state index is -1.20. The Morgan fingerprint density at radius 3 is 2.59 bits per heavy atom. The van der Waals surface area contributed by atoms with E-state index in [1.165, 1.54) is 0 Å². The molecule has 0 aromatic heterocycles. The maximum atomic E-state index is 13.3. The first-order chi connectivity index (χ1) is 16.4. The molecule has 2 atom stereocenters. The average Bonchev–Trinajstić information content (AvgIpc) is 3.42. The van der Waals surface area contributed by atoms with Crippen LogP contribution in [0, 0.1) is 0 Å². The van der Waals surface area contributed by atoms with E-state index in [4.69, 9.17) is 9.47 Å². The van der Waals surface area contributed by atoms with Crippen molar-refractivity contribution >= 4 is 17.8 Å². The Kier molecular flexibility index (Phi) is 6.74. The molecule has 0 radical (unpaired) electrons. The molecule has 2 aromatic rings. The number of methoxy groups -OCH3 is 2. The number of nitrogens with zero attached hydrogens (tertiary/aromatic N) is 2. The molecule has 0 spiro atoms. The van der Waals surface area contributed by atoms with Crippen molar-refractivity contribution in [3.63, 3.8) is 0 Å². The first-order valence-corrected chi connectivity index (χ1v) is 11.4. The van der Waals surface area contributed by atoms with E-state index in [1.54, 1.807) is 26.4 Å². The molecule has 2 aliphatic rings. The number of benzene rings is 2. The smallest absolute Gasteiger partial charge is 0.344 e. The molecule has 2 N–H and O–H groups in total. The lowest BCUT2D eigenvalue weighted by Gasteiger charge is -2.27. The molecule has 2 fully saturated rings. The van der Waals surface area contributed by atoms with E-state index in [0.717, 1.165) is 30.0 Å². The summed E-state index contributed by atoms with van der Waals surface area (Å²) in [5.74, 6) is 0.470. The van der Waals surface area contributed by atoms with Gasteiger partial charge in [-0.2, -0.15) is 5.01 Å². The molecule has 34 heavy (non-hydrogen) atoms. The average molecular weight is 467 g/mol. The number of carbonyl (C=O) groups is 3. The third-order valence-electron chi connectivity index (χ3n) is 6.64. The molecule has 2 aliphatic heterocycles. The molecular weight excluding hydrogens is 436 g/mol. The number of nitrogens with one attached hydrogen (secondary N) is 2. The van der Waals surface area contributed by atoms with Gasteiger partial charge in [-0.15, -0.1) is 0 Å². The molecular formula is C25H30N4O5. The van der Waals surface area contributed by atoms with Crippen LogP contribution in [0.1, 0.15) is 43.4 Å². The zero-order chi connectivity index (χ0) is 24.3. The van der Waals surface area contributed by atoms with Crippen LogP contribution in [0.25, 0.3) is 0 Å². The predicted molar refractivity (Wildman–Crippen MR) is 125 cm³/mol. The maximum absolute atomic E-state index is 13.3. The highest BCUT2D eigenvalue weighted by Crippen LogP contribution is 2.38. The molecule has 0 saturated carbocycles. The number of carbonyl (C=O) groups excluding carboxylic acids is 3. The van der Waals surface area contributed by atoms with E-state index in [9.17, 15) is 14.4 Å². The van der Waals surface area contributed by atoms with Gasteiger partial charge in [-0.3, -0.25) is 19.9 Å². The van der Waals surface area contributed by atoms with E-state index < -0.39 is 23.4 Å². The van der Waals surface area contributed by atoms with E-state index in [0.29, 0.717) is 23.5 Å². The summed E-state index contributed by atoms with van der Waals surface area (Å²) < 4.78 is 10.8. The summed E-state index contributed by atoms with van der Waals surface area (Å²) >= 11 is 0. The van der Waals surface area contributed by atoms with Crippen molar-refractivity contribution in [3.05, 3.63) is 59.7 Å². The number of likely N-dealkylation sites (tertiary alicyclic amines) is 1. The summed E-state index contributed by atoms with van der Waals surface area (Å²) in [4.78, 5) is 40.9. The molecule has 2 heterocycles. The Morgan fingerprint density at radius 2 is 1.91 bits per heavy atom. The van der Waals surface area contributed by atoms with E-state index >= 15 is 0 Å². The van der Waals surface area contributed by atoms with Gasteiger partial charge in [-0.25, -0.2) is 4.79 Å². The molecule has 0 aliphatic carbocycles. The summed E-state index contributed by atoms with van der Waals surface area (Å²) in [5, 5.41) is 3.58. The lowest BCUT2D eigenvalue weighted by atomic mass is 9.87. The summed E-state index contributed by atoms with van der Waals surface area (Å²) in [6.07, 6.45) is 2.15. The number of imide groups is 1. The normalized spacial score (nSPS) is 22.6. The Balaban J connectivity index is 1.47. The molecule has 2 saturated heterocycles. The topological polar surface area (TPSA) is 100 Å². The molecule has 9 nitrogen and oxygen atoms in total. The Hall–Kier alpha value is -3.59. The van der Waals surface area contributed by atoms with E-state index in [1.807, 2.05) is 48.2 Å². The van der Waals surface area contributed by atoms with E-state index in [2.05, 4.69) is 10.7 Å². The minimum Gasteiger partial charge on any atom is -0.497 e. The zero-order valence-electron chi connectivity index (χ0n) is 19.7. The van der Waals surface area contributed by atoms with Crippen LogP contribution in [0.5, 0.6) is 11.5 Å².